The zero-order valence-corrected chi connectivity index (χ0v) is 17.7. The number of amides is 2. The Morgan fingerprint density at radius 1 is 0.931 bits per heavy atom. The molecular weight excluding hydrogens is 366 g/mol. The van der Waals surface area contributed by atoms with Gasteiger partial charge in [-0.2, -0.15) is 0 Å². The van der Waals surface area contributed by atoms with Crippen LogP contribution in [0.5, 0.6) is 5.75 Å². The molecule has 0 unspecified atom stereocenters. The maximum absolute atomic E-state index is 12.3. The number of hydrogen-bond donors (Lipinski definition) is 3. The Labute approximate surface area is 173 Å². The van der Waals surface area contributed by atoms with Crippen molar-refractivity contribution in [2.45, 2.75) is 40.5 Å². The van der Waals surface area contributed by atoms with E-state index in [0.29, 0.717) is 18.0 Å². The lowest BCUT2D eigenvalue weighted by molar-refractivity contribution is -0.123. The number of unbranched alkanes of at least 4 members (excludes halogenated alkanes) is 1. The van der Waals surface area contributed by atoms with Crippen molar-refractivity contribution in [3.05, 3.63) is 48.5 Å². The molecule has 0 radical (unpaired) electrons. The van der Waals surface area contributed by atoms with Crippen LogP contribution >= 0.6 is 0 Å². The zero-order chi connectivity index (χ0) is 21.3. The molecule has 2 amide bonds. The normalized spacial score (nSPS) is 10.9. The Hall–Kier alpha value is -3.02. The summed E-state index contributed by atoms with van der Waals surface area (Å²) in [6.45, 7) is 8.48. The van der Waals surface area contributed by atoms with Crippen LogP contribution in [0.1, 0.15) is 40.5 Å². The quantitative estimate of drug-likeness (QED) is 0.526. The fraction of sp³-hybridized carbons (Fsp3) is 0.391. The Balaban J connectivity index is 1.87. The fourth-order valence-corrected chi connectivity index (χ4v) is 2.41. The lowest BCUT2D eigenvalue weighted by atomic mass is 9.95. The molecule has 0 aliphatic carbocycles. The average molecular weight is 398 g/mol. The summed E-state index contributed by atoms with van der Waals surface area (Å²) in [6.07, 6.45) is 2.09. The highest BCUT2D eigenvalue weighted by molar-refractivity contribution is 5.97. The van der Waals surface area contributed by atoms with E-state index in [2.05, 4.69) is 22.9 Å². The van der Waals surface area contributed by atoms with Crippen molar-refractivity contribution < 1.29 is 14.3 Å². The van der Waals surface area contributed by atoms with E-state index in [4.69, 9.17) is 4.74 Å². The third-order valence-electron chi connectivity index (χ3n) is 4.14. The molecule has 0 aliphatic rings. The largest absolute Gasteiger partial charge is 0.494 e. The molecule has 0 atom stereocenters. The van der Waals surface area contributed by atoms with E-state index >= 15 is 0 Å². The number of anilines is 3. The first kappa shape index (κ1) is 22.3. The maximum atomic E-state index is 12.3. The summed E-state index contributed by atoms with van der Waals surface area (Å²) in [5.41, 5.74) is 1.60. The first-order valence-electron chi connectivity index (χ1n) is 9.96. The topological polar surface area (TPSA) is 79.5 Å². The molecule has 2 aromatic rings. The van der Waals surface area contributed by atoms with Gasteiger partial charge in [0.05, 0.1) is 13.2 Å². The number of carbonyl (C=O) groups excluding carboxylic acids is 2. The molecule has 0 saturated heterocycles. The van der Waals surface area contributed by atoms with Crippen LogP contribution < -0.4 is 20.7 Å². The Morgan fingerprint density at radius 3 is 2.28 bits per heavy atom. The van der Waals surface area contributed by atoms with Gasteiger partial charge in [-0.3, -0.25) is 9.59 Å². The van der Waals surface area contributed by atoms with Crippen LogP contribution in [-0.2, 0) is 9.59 Å². The minimum Gasteiger partial charge on any atom is -0.494 e. The van der Waals surface area contributed by atoms with Crippen molar-refractivity contribution in [2.24, 2.45) is 5.41 Å². The second kappa shape index (κ2) is 10.5. The first-order chi connectivity index (χ1) is 13.8. The van der Waals surface area contributed by atoms with Crippen molar-refractivity contribution in [1.29, 1.82) is 0 Å². The van der Waals surface area contributed by atoms with Crippen LogP contribution in [0, 0.1) is 5.41 Å². The fourth-order valence-electron chi connectivity index (χ4n) is 2.41. The van der Waals surface area contributed by atoms with E-state index in [9.17, 15) is 9.59 Å². The molecule has 0 heterocycles. The Bertz CT molecular complexity index is 828. The molecule has 0 fully saturated rings. The zero-order valence-electron chi connectivity index (χ0n) is 17.7. The van der Waals surface area contributed by atoms with Crippen molar-refractivity contribution in [1.82, 2.24) is 0 Å². The van der Waals surface area contributed by atoms with Gasteiger partial charge in [0.1, 0.15) is 5.75 Å². The third-order valence-corrected chi connectivity index (χ3v) is 4.14. The second-order valence-electron chi connectivity index (χ2n) is 7.92. The van der Waals surface area contributed by atoms with E-state index in [1.54, 1.807) is 24.3 Å². The van der Waals surface area contributed by atoms with Gasteiger partial charge in [0, 0.05) is 28.5 Å². The molecule has 0 bridgehead atoms. The van der Waals surface area contributed by atoms with Crippen LogP contribution in [0.25, 0.3) is 0 Å². The predicted octanol–water partition coefficient (Wildman–Crippen LogP) is 4.90. The minimum absolute atomic E-state index is 0.0799. The SMILES string of the molecule is CCCCOc1cccc(NCC(=O)Nc2cccc(NC(=O)C(C)(C)C)c2)c1. The van der Waals surface area contributed by atoms with Gasteiger partial charge in [0.15, 0.2) is 0 Å². The van der Waals surface area contributed by atoms with Crippen LogP contribution in [0.3, 0.4) is 0 Å². The summed E-state index contributed by atoms with van der Waals surface area (Å²) >= 11 is 0. The van der Waals surface area contributed by atoms with Gasteiger partial charge >= 0.3 is 0 Å². The highest BCUT2D eigenvalue weighted by Gasteiger charge is 2.21. The lowest BCUT2D eigenvalue weighted by Gasteiger charge is -2.18. The molecule has 6 heteroatoms. The Kier molecular flexibility index (Phi) is 8.07. The first-order valence-corrected chi connectivity index (χ1v) is 9.96. The summed E-state index contributed by atoms with van der Waals surface area (Å²) in [5.74, 6) is 0.524. The molecule has 0 aromatic heterocycles. The van der Waals surface area contributed by atoms with Gasteiger partial charge in [0.2, 0.25) is 11.8 Å². The number of benzene rings is 2. The third kappa shape index (κ3) is 7.86. The van der Waals surface area contributed by atoms with Crippen molar-refractivity contribution >= 4 is 28.9 Å². The minimum atomic E-state index is -0.488. The van der Waals surface area contributed by atoms with Crippen LogP contribution in [-0.4, -0.2) is 25.0 Å². The Morgan fingerprint density at radius 2 is 1.59 bits per heavy atom. The van der Waals surface area contributed by atoms with Gasteiger partial charge in [-0.15, -0.1) is 0 Å². The molecule has 6 nitrogen and oxygen atoms in total. The van der Waals surface area contributed by atoms with E-state index in [-0.39, 0.29) is 18.4 Å². The summed E-state index contributed by atoms with van der Waals surface area (Å²) in [7, 11) is 0. The summed E-state index contributed by atoms with van der Waals surface area (Å²) in [6, 6.07) is 14.7. The van der Waals surface area contributed by atoms with Gasteiger partial charge in [-0.05, 0) is 36.8 Å². The van der Waals surface area contributed by atoms with E-state index < -0.39 is 5.41 Å². The summed E-state index contributed by atoms with van der Waals surface area (Å²) < 4.78 is 5.68. The van der Waals surface area contributed by atoms with Gasteiger partial charge in [0.25, 0.3) is 0 Å². The van der Waals surface area contributed by atoms with Crippen molar-refractivity contribution in [3.8, 4) is 5.75 Å². The molecule has 29 heavy (non-hydrogen) atoms. The van der Waals surface area contributed by atoms with Crippen LogP contribution in [0.2, 0.25) is 0 Å². The molecule has 3 N–H and O–H groups in total. The lowest BCUT2D eigenvalue weighted by Crippen LogP contribution is -2.27. The number of carbonyl (C=O) groups is 2. The molecule has 0 aliphatic heterocycles. The molecule has 2 rings (SSSR count). The molecule has 156 valence electrons. The molecule has 0 spiro atoms. The van der Waals surface area contributed by atoms with Gasteiger partial charge in [-0.1, -0.05) is 46.2 Å². The molecular formula is C23H31N3O3. The van der Waals surface area contributed by atoms with Crippen molar-refractivity contribution in [2.75, 3.05) is 29.1 Å². The smallest absolute Gasteiger partial charge is 0.243 e. The van der Waals surface area contributed by atoms with Gasteiger partial charge < -0.3 is 20.7 Å². The van der Waals surface area contributed by atoms with Crippen LogP contribution in [0.4, 0.5) is 17.1 Å². The second-order valence-corrected chi connectivity index (χ2v) is 7.92. The number of hydrogen-bond acceptors (Lipinski definition) is 4. The number of ether oxygens (including phenoxy) is 1. The van der Waals surface area contributed by atoms with Gasteiger partial charge in [-0.25, -0.2) is 0 Å². The highest BCUT2D eigenvalue weighted by atomic mass is 16.5. The maximum Gasteiger partial charge on any atom is 0.243 e. The van der Waals surface area contributed by atoms with Crippen LogP contribution in [0.15, 0.2) is 48.5 Å². The highest BCUT2D eigenvalue weighted by Crippen LogP contribution is 2.20. The number of rotatable bonds is 9. The predicted molar refractivity (Wildman–Crippen MR) is 118 cm³/mol. The monoisotopic (exact) mass is 397 g/mol. The van der Waals surface area contributed by atoms with E-state index in [1.807, 2.05) is 45.0 Å². The summed E-state index contributed by atoms with van der Waals surface area (Å²) in [5, 5.41) is 8.80. The molecule has 0 saturated carbocycles. The number of nitrogens with one attached hydrogen (secondary N) is 3. The average Bonchev–Trinajstić information content (AvgIpc) is 2.66. The van der Waals surface area contributed by atoms with E-state index in [0.717, 1.165) is 24.3 Å². The standard InChI is InChI=1S/C23H31N3O3/c1-5-6-13-29-20-12-8-9-17(15-20)24-16-21(27)25-18-10-7-11-19(14-18)26-22(28)23(2,3)4/h7-12,14-15,24H,5-6,13,16H2,1-4H3,(H,25,27)(H,26,28). The molecule has 2 aromatic carbocycles. The van der Waals surface area contributed by atoms with Crippen molar-refractivity contribution in [3.63, 3.8) is 0 Å². The van der Waals surface area contributed by atoms with E-state index in [1.165, 1.54) is 0 Å². The summed E-state index contributed by atoms with van der Waals surface area (Å²) in [4.78, 5) is 24.4.